The lowest BCUT2D eigenvalue weighted by Gasteiger charge is -2.23. The maximum Gasteiger partial charge on any atom is 0.453 e. The fourth-order valence-electron chi connectivity index (χ4n) is 4.81. The summed E-state index contributed by atoms with van der Waals surface area (Å²) >= 11 is 0. The van der Waals surface area contributed by atoms with Crippen LogP contribution in [0.5, 0.6) is 0 Å². The number of carbonyl (C=O) groups excluding carboxylic acids is 1. The maximum absolute atomic E-state index is 13.7. The molecular weight excluding hydrogens is 549 g/mol. The molecular formula is C26H20F5N9O. The van der Waals surface area contributed by atoms with Crippen LogP contribution in [0.4, 0.5) is 33.6 Å². The van der Waals surface area contributed by atoms with Crippen molar-refractivity contribution in [1.29, 1.82) is 0 Å². The third-order valence-corrected chi connectivity index (χ3v) is 7.07. The van der Waals surface area contributed by atoms with Crippen LogP contribution in [-0.2, 0) is 23.6 Å². The fraction of sp³-hybridized carbons (Fsp3) is 0.269. The Kier molecular flexibility index (Phi) is 4.95. The molecule has 5 aromatic rings. The van der Waals surface area contributed by atoms with Crippen LogP contribution < -0.4 is 11.1 Å². The third kappa shape index (κ3) is 4.10. The minimum absolute atomic E-state index is 0.00116. The number of nitrogens with zero attached hydrogens (tertiary/aromatic N) is 7. The molecule has 1 aliphatic rings. The lowest BCUT2D eigenvalue weighted by atomic mass is 9.77. The van der Waals surface area contributed by atoms with Crippen LogP contribution in [0.1, 0.15) is 34.4 Å². The summed E-state index contributed by atoms with van der Waals surface area (Å²) in [4.78, 5) is 34.5. The number of aromatic nitrogens is 7. The van der Waals surface area contributed by atoms with E-state index < -0.39 is 49.1 Å². The quantitative estimate of drug-likeness (QED) is 0.297. The molecule has 1 atom stereocenters. The van der Waals surface area contributed by atoms with Crippen molar-refractivity contribution in [3.63, 3.8) is 0 Å². The first-order valence-electron chi connectivity index (χ1n) is 13.6. The van der Waals surface area contributed by atoms with Crippen molar-refractivity contribution in [1.82, 2.24) is 34.7 Å². The van der Waals surface area contributed by atoms with Crippen LogP contribution >= 0.6 is 0 Å². The highest BCUT2D eigenvalue weighted by Gasteiger charge is 2.56. The van der Waals surface area contributed by atoms with Crippen molar-refractivity contribution in [2.24, 2.45) is 6.98 Å². The van der Waals surface area contributed by atoms with Crippen molar-refractivity contribution in [3.05, 3.63) is 59.7 Å². The Morgan fingerprint density at radius 1 is 1.12 bits per heavy atom. The Morgan fingerprint density at radius 3 is 2.68 bits per heavy atom. The van der Waals surface area contributed by atoms with Crippen LogP contribution in [0.3, 0.4) is 0 Å². The first-order valence-corrected chi connectivity index (χ1v) is 12.1. The third-order valence-electron chi connectivity index (χ3n) is 7.07. The predicted octanol–water partition coefficient (Wildman–Crippen LogP) is 4.34. The van der Waals surface area contributed by atoms with Gasteiger partial charge in [-0.1, -0.05) is 18.2 Å². The number of amides is 1. The molecule has 15 heteroatoms. The number of hydrogen-bond donors (Lipinski definition) is 2. The van der Waals surface area contributed by atoms with E-state index in [1.54, 1.807) is 37.4 Å². The summed E-state index contributed by atoms with van der Waals surface area (Å²) in [6, 6.07) is 8.90. The van der Waals surface area contributed by atoms with Gasteiger partial charge in [-0.25, -0.2) is 19.9 Å². The molecule has 0 fully saturated rings. The molecule has 3 N–H and O–H groups in total. The Labute approximate surface area is 232 Å². The second kappa shape index (κ2) is 8.84. The molecule has 5 heterocycles. The average Bonchev–Trinajstić information content (AvgIpc) is 3.50. The van der Waals surface area contributed by atoms with Crippen LogP contribution in [-0.4, -0.2) is 52.7 Å². The Bertz CT molecular complexity index is 1980. The SMILES string of the molecule is [2H]C([2H])([2H])n1ncc2c(-c3nc(N)c4c(n3)NC(=O)C4(C)c3ccc4cccnc4c3)nc(CCC(F)(F)C(F)(F)F)nc21. The van der Waals surface area contributed by atoms with E-state index in [2.05, 4.69) is 35.3 Å². The van der Waals surface area contributed by atoms with Gasteiger partial charge in [-0.2, -0.15) is 27.1 Å². The van der Waals surface area contributed by atoms with E-state index in [-0.39, 0.29) is 39.8 Å². The number of halogens is 5. The normalized spacial score (nSPS) is 18.7. The topological polar surface area (TPSA) is 137 Å². The first kappa shape index (κ1) is 22.9. The Balaban J connectivity index is 1.49. The van der Waals surface area contributed by atoms with Gasteiger partial charge < -0.3 is 11.1 Å². The van der Waals surface area contributed by atoms with Gasteiger partial charge in [0.05, 0.1) is 22.7 Å². The number of alkyl halides is 5. The molecule has 0 spiro atoms. The number of fused-ring (bicyclic) bond motifs is 3. The minimum atomic E-state index is -5.82. The van der Waals surface area contributed by atoms with E-state index in [0.717, 1.165) is 11.6 Å². The number of hydrogen-bond acceptors (Lipinski definition) is 8. The molecule has 210 valence electrons. The molecule has 1 aliphatic heterocycles. The summed E-state index contributed by atoms with van der Waals surface area (Å²) in [6.07, 6.45) is -5.82. The molecule has 0 saturated heterocycles. The molecule has 41 heavy (non-hydrogen) atoms. The number of aryl methyl sites for hydroxylation is 2. The summed E-state index contributed by atoms with van der Waals surface area (Å²) in [5, 5.41) is 7.27. The van der Waals surface area contributed by atoms with Crippen molar-refractivity contribution in [2.75, 3.05) is 11.1 Å². The largest absolute Gasteiger partial charge is 0.453 e. The Morgan fingerprint density at radius 2 is 1.93 bits per heavy atom. The number of nitrogens with two attached hydrogens (primary N) is 1. The number of pyridine rings is 1. The van der Waals surface area contributed by atoms with Crippen molar-refractivity contribution >= 4 is 39.5 Å². The molecule has 4 aromatic heterocycles. The Hall–Kier alpha value is -4.82. The van der Waals surface area contributed by atoms with Crippen LogP contribution in [0.15, 0.2) is 42.7 Å². The van der Waals surface area contributed by atoms with Gasteiger partial charge in [-0.05, 0) is 24.6 Å². The minimum Gasteiger partial charge on any atom is -0.383 e. The highest BCUT2D eigenvalue weighted by Crippen LogP contribution is 2.45. The van der Waals surface area contributed by atoms with Gasteiger partial charge in [0.15, 0.2) is 11.5 Å². The second-order valence-electron chi connectivity index (χ2n) is 9.63. The van der Waals surface area contributed by atoms with E-state index in [0.29, 0.717) is 15.8 Å². The van der Waals surface area contributed by atoms with Crippen LogP contribution in [0, 0.1) is 0 Å². The van der Waals surface area contributed by atoms with Crippen LogP contribution in [0.2, 0.25) is 0 Å². The molecule has 1 amide bonds. The highest BCUT2D eigenvalue weighted by molar-refractivity contribution is 6.09. The van der Waals surface area contributed by atoms with Gasteiger partial charge >= 0.3 is 12.1 Å². The van der Waals surface area contributed by atoms with E-state index in [4.69, 9.17) is 9.85 Å². The molecule has 0 radical (unpaired) electrons. The molecule has 0 aliphatic carbocycles. The molecule has 1 unspecified atom stereocenters. The van der Waals surface area contributed by atoms with E-state index in [1.807, 2.05) is 6.07 Å². The van der Waals surface area contributed by atoms with Gasteiger partial charge in [0, 0.05) is 35.5 Å². The number of rotatable bonds is 5. The second-order valence-corrected chi connectivity index (χ2v) is 9.63. The number of nitrogen functional groups attached to an aromatic ring is 1. The number of nitrogens with one attached hydrogen (secondary N) is 1. The zero-order valence-electron chi connectivity index (χ0n) is 24.0. The first-order chi connectivity index (χ1) is 20.5. The number of carbonyl (C=O) groups is 1. The van der Waals surface area contributed by atoms with Crippen molar-refractivity contribution in [3.8, 4) is 11.5 Å². The molecule has 10 nitrogen and oxygen atoms in total. The van der Waals surface area contributed by atoms with Gasteiger partial charge in [0.1, 0.15) is 28.6 Å². The highest BCUT2D eigenvalue weighted by atomic mass is 19.4. The van der Waals surface area contributed by atoms with E-state index in [9.17, 15) is 26.7 Å². The molecule has 0 saturated carbocycles. The number of benzene rings is 1. The average molecular weight is 573 g/mol. The summed E-state index contributed by atoms with van der Waals surface area (Å²) in [6.45, 7) is -1.26. The summed E-state index contributed by atoms with van der Waals surface area (Å²) < 4.78 is 89.6. The summed E-state index contributed by atoms with van der Waals surface area (Å²) in [5.41, 5.74) is 5.82. The molecule has 0 bridgehead atoms. The lowest BCUT2D eigenvalue weighted by molar-refractivity contribution is -0.284. The summed E-state index contributed by atoms with van der Waals surface area (Å²) in [5.74, 6) is -6.51. The fourth-order valence-corrected chi connectivity index (χ4v) is 4.81. The smallest absolute Gasteiger partial charge is 0.383 e. The maximum atomic E-state index is 13.7. The van der Waals surface area contributed by atoms with Crippen LogP contribution in [0.25, 0.3) is 33.5 Å². The summed E-state index contributed by atoms with van der Waals surface area (Å²) in [7, 11) is 0. The molecule has 1 aromatic carbocycles. The standard InChI is InChI=1S/C26H20F5N9O/c1-24(13-6-5-12-4-3-9-33-15(12)10-13)17-19(32)37-21(38-20(17)39-23(24)41)18-14-11-34-40(2)22(14)36-16(35-18)7-8-25(27,28)26(29,30)31/h3-6,9-11H,7-8H2,1-2H3,(H3,32,37,38,39,41)/i2D3. The number of anilines is 2. The van der Waals surface area contributed by atoms with Gasteiger partial charge in [-0.3, -0.25) is 14.5 Å². The zero-order chi connectivity index (χ0) is 31.8. The molecule has 6 rings (SSSR count). The lowest BCUT2D eigenvalue weighted by Crippen LogP contribution is -2.36. The van der Waals surface area contributed by atoms with Gasteiger partial charge in [0.2, 0.25) is 5.91 Å². The monoisotopic (exact) mass is 572 g/mol. The van der Waals surface area contributed by atoms with E-state index in [1.165, 1.54) is 0 Å². The van der Waals surface area contributed by atoms with Gasteiger partial charge in [-0.15, -0.1) is 0 Å². The van der Waals surface area contributed by atoms with E-state index >= 15 is 0 Å². The van der Waals surface area contributed by atoms with Crippen molar-refractivity contribution in [2.45, 2.75) is 37.3 Å². The predicted molar refractivity (Wildman–Crippen MR) is 138 cm³/mol. The van der Waals surface area contributed by atoms with Gasteiger partial charge in [0.25, 0.3) is 0 Å². The van der Waals surface area contributed by atoms with Crippen molar-refractivity contribution < 1.29 is 30.9 Å². The zero-order valence-corrected chi connectivity index (χ0v) is 21.0.